The quantitative estimate of drug-likeness (QED) is 0.795. The molecule has 3 unspecified atom stereocenters. The fourth-order valence-electron chi connectivity index (χ4n) is 5.54. The molecule has 0 radical (unpaired) electrons. The largest absolute Gasteiger partial charge is 0.491 e. The molecular formula is C23H37NO2. The maximum Gasteiger partial charge on any atom is 0.123 e. The van der Waals surface area contributed by atoms with Gasteiger partial charge in [-0.15, -0.1) is 0 Å². The monoisotopic (exact) mass is 359 g/mol. The van der Waals surface area contributed by atoms with E-state index in [9.17, 15) is 5.11 Å². The Morgan fingerprint density at radius 2 is 1.96 bits per heavy atom. The summed E-state index contributed by atoms with van der Waals surface area (Å²) in [6.07, 6.45) is 3.37. The van der Waals surface area contributed by atoms with E-state index in [1.54, 1.807) is 0 Å². The summed E-state index contributed by atoms with van der Waals surface area (Å²) in [5, 5.41) is 10.6. The van der Waals surface area contributed by atoms with Crippen LogP contribution in [0.4, 0.5) is 0 Å². The van der Waals surface area contributed by atoms with Gasteiger partial charge in [-0.1, -0.05) is 46.8 Å². The Labute approximate surface area is 159 Å². The normalized spacial score (nSPS) is 29.2. The molecule has 1 heterocycles. The lowest BCUT2D eigenvalue weighted by Gasteiger charge is -2.40. The predicted molar refractivity (Wildman–Crippen MR) is 108 cm³/mol. The van der Waals surface area contributed by atoms with Crippen molar-refractivity contribution in [3.8, 4) is 5.75 Å². The Balaban J connectivity index is 1.59. The highest BCUT2D eigenvalue weighted by molar-refractivity contribution is 5.39. The molecule has 0 aromatic heterocycles. The van der Waals surface area contributed by atoms with E-state index < -0.39 is 6.10 Å². The minimum Gasteiger partial charge on any atom is -0.491 e. The third kappa shape index (κ3) is 4.43. The van der Waals surface area contributed by atoms with Crippen molar-refractivity contribution in [2.75, 3.05) is 19.7 Å². The van der Waals surface area contributed by atoms with E-state index in [0.717, 1.165) is 18.8 Å². The molecule has 2 fully saturated rings. The number of ether oxygens (including phenoxy) is 1. The second-order valence-electron chi connectivity index (χ2n) is 10.3. The highest BCUT2D eigenvalue weighted by Gasteiger charge is 2.49. The Morgan fingerprint density at radius 3 is 2.65 bits per heavy atom. The van der Waals surface area contributed by atoms with E-state index in [4.69, 9.17) is 4.74 Å². The first kappa shape index (κ1) is 19.7. The van der Waals surface area contributed by atoms with Gasteiger partial charge < -0.3 is 9.84 Å². The summed E-state index contributed by atoms with van der Waals surface area (Å²) in [6, 6.07) is 6.98. The van der Waals surface area contributed by atoms with Crippen LogP contribution in [0.15, 0.2) is 18.2 Å². The Kier molecular flexibility index (Phi) is 5.43. The molecule has 3 heteroatoms. The molecule has 1 aliphatic carbocycles. The van der Waals surface area contributed by atoms with Gasteiger partial charge in [0.1, 0.15) is 18.5 Å². The van der Waals surface area contributed by atoms with Crippen LogP contribution < -0.4 is 4.74 Å². The van der Waals surface area contributed by atoms with Gasteiger partial charge in [-0.2, -0.15) is 0 Å². The first-order valence-electron chi connectivity index (χ1n) is 10.2. The van der Waals surface area contributed by atoms with Crippen LogP contribution in [0.3, 0.4) is 0 Å². The standard InChI is InChI=1S/C23H37NO2/c1-16(2)20-8-7-17(3)9-21(20)26-13-19(25)12-24-15-23(6)11-18(24)10-22(4,5)14-23/h7-9,16,18-19,25H,10-15H2,1-6H3. The Hall–Kier alpha value is -1.06. The zero-order chi connectivity index (χ0) is 19.1. The summed E-state index contributed by atoms with van der Waals surface area (Å²) in [6.45, 7) is 15.9. The first-order chi connectivity index (χ1) is 12.1. The smallest absolute Gasteiger partial charge is 0.123 e. The lowest BCUT2D eigenvalue weighted by Crippen LogP contribution is -2.40. The number of hydrogen-bond donors (Lipinski definition) is 1. The number of benzene rings is 1. The van der Waals surface area contributed by atoms with Crippen molar-refractivity contribution < 1.29 is 9.84 Å². The van der Waals surface area contributed by atoms with E-state index in [1.807, 2.05) is 0 Å². The van der Waals surface area contributed by atoms with Gasteiger partial charge in [-0.3, -0.25) is 4.90 Å². The zero-order valence-electron chi connectivity index (χ0n) is 17.5. The maximum absolute atomic E-state index is 10.6. The summed E-state index contributed by atoms with van der Waals surface area (Å²) in [5.41, 5.74) is 3.24. The number of aliphatic hydroxyl groups is 1. The lowest BCUT2D eigenvalue weighted by atomic mass is 9.65. The van der Waals surface area contributed by atoms with Crippen LogP contribution in [-0.4, -0.2) is 41.8 Å². The van der Waals surface area contributed by atoms with E-state index in [-0.39, 0.29) is 0 Å². The van der Waals surface area contributed by atoms with Crippen LogP contribution in [0.1, 0.15) is 70.9 Å². The summed E-state index contributed by atoms with van der Waals surface area (Å²) in [7, 11) is 0. The number of fused-ring (bicyclic) bond motifs is 2. The second-order valence-corrected chi connectivity index (χ2v) is 10.3. The van der Waals surface area contributed by atoms with Crippen LogP contribution in [-0.2, 0) is 0 Å². The van der Waals surface area contributed by atoms with Gasteiger partial charge in [0.05, 0.1) is 0 Å². The van der Waals surface area contributed by atoms with E-state index in [2.05, 4.69) is 64.6 Å². The van der Waals surface area contributed by atoms with Crippen LogP contribution in [0, 0.1) is 17.8 Å². The molecule has 0 spiro atoms. The topological polar surface area (TPSA) is 32.7 Å². The molecule has 1 saturated heterocycles. The number of hydrogen-bond acceptors (Lipinski definition) is 3. The van der Waals surface area contributed by atoms with Gasteiger partial charge in [0.25, 0.3) is 0 Å². The summed E-state index contributed by atoms with van der Waals surface area (Å²) >= 11 is 0. The lowest BCUT2D eigenvalue weighted by molar-refractivity contribution is 0.0581. The molecule has 26 heavy (non-hydrogen) atoms. The van der Waals surface area contributed by atoms with Crippen LogP contribution in [0.5, 0.6) is 5.75 Å². The van der Waals surface area contributed by atoms with Crippen molar-refractivity contribution >= 4 is 0 Å². The molecule has 1 saturated carbocycles. The molecule has 1 aromatic carbocycles. The number of aliphatic hydroxyl groups excluding tert-OH is 1. The molecule has 3 atom stereocenters. The predicted octanol–water partition coefficient (Wildman–Crippen LogP) is 4.76. The van der Waals surface area contributed by atoms with Gasteiger partial charge in [0.2, 0.25) is 0 Å². The van der Waals surface area contributed by atoms with Crippen molar-refractivity contribution in [2.24, 2.45) is 10.8 Å². The fraction of sp³-hybridized carbons (Fsp3) is 0.739. The highest BCUT2D eigenvalue weighted by atomic mass is 16.5. The van der Waals surface area contributed by atoms with Gasteiger partial charge in [-0.25, -0.2) is 0 Å². The van der Waals surface area contributed by atoms with E-state index in [1.165, 1.54) is 30.4 Å². The average Bonchev–Trinajstić information content (AvgIpc) is 2.73. The molecule has 3 nitrogen and oxygen atoms in total. The number of aryl methyl sites for hydroxylation is 1. The molecule has 1 aromatic rings. The molecule has 2 bridgehead atoms. The Bertz CT molecular complexity index is 639. The van der Waals surface area contributed by atoms with Crippen LogP contribution in [0.2, 0.25) is 0 Å². The van der Waals surface area contributed by atoms with Crippen LogP contribution >= 0.6 is 0 Å². The minimum atomic E-state index is -0.443. The number of rotatable bonds is 6. The van der Waals surface area contributed by atoms with Crippen LogP contribution in [0.25, 0.3) is 0 Å². The summed E-state index contributed by atoms with van der Waals surface area (Å²) in [4.78, 5) is 2.52. The first-order valence-corrected chi connectivity index (χ1v) is 10.2. The molecular weight excluding hydrogens is 322 g/mol. The SMILES string of the molecule is Cc1ccc(C(C)C)c(OCC(O)CN2CC3(C)CC2CC(C)(C)C3)c1. The van der Waals surface area contributed by atoms with Gasteiger partial charge in [0.15, 0.2) is 0 Å². The van der Waals surface area contributed by atoms with Gasteiger partial charge in [0, 0.05) is 19.1 Å². The zero-order valence-corrected chi connectivity index (χ0v) is 17.5. The summed E-state index contributed by atoms with van der Waals surface area (Å²) in [5.74, 6) is 1.34. The molecule has 3 rings (SSSR count). The van der Waals surface area contributed by atoms with Crippen molar-refractivity contribution in [1.29, 1.82) is 0 Å². The van der Waals surface area contributed by atoms with Crippen molar-refractivity contribution in [2.45, 2.75) is 78.9 Å². The average molecular weight is 360 g/mol. The summed E-state index contributed by atoms with van der Waals surface area (Å²) < 4.78 is 6.05. The number of likely N-dealkylation sites (tertiary alicyclic amines) is 1. The van der Waals surface area contributed by atoms with Gasteiger partial charge in [-0.05, 0) is 60.1 Å². The van der Waals surface area contributed by atoms with E-state index >= 15 is 0 Å². The third-order valence-electron chi connectivity index (χ3n) is 6.19. The van der Waals surface area contributed by atoms with E-state index in [0.29, 0.717) is 29.4 Å². The van der Waals surface area contributed by atoms with Crippen molar-refractivity contribution in [3.63, 3.8) is 0 Å². The van der Waals surface area contributed by atoms with Gasteiger partial charge >= 0.3 is 0 Å². The fourth-order valence-corrected chi connectivity index (χ4v) is 5.54. The second kappa shape index (κ2) is 7.16. The molecule has 146 valence electrons. The Morgan fingerprint density at radius 1 is 1.23 bits per heavy atom. The van der Waals surface area contributed by atoms with Crippen molar-refractivity contribution in [3.05, 3.63) is 29.3 Å². The minimum absolute atomic E-state index is 0.368. The molecule has 1 N–H and O–H groups in total. The third-order valence-corrected chi connectivity index (χ3v) is 6.19. The maximum atomic E-state index is 10.6. The molecule has 2 aliphatic rings. The molecule has 0 amide bonds. The molecule has 1 aliphatic heterocycles. The number of β-amino-alcohol motifs (C(OH)–C–C–N with tert-alkyl or cyclic N) is 1. The van der Waals surface area contributed by atoms with Crippen molar-refractivity contribution in [1.82, 2.24) is 4.90 Å². The number of nitrogens with zero attached hydrogens (tertiary/aromatic N) is 1. The highest BCUT2D eigenvalue weighted by Crippen LogP contribution is 2.52.